The van der Waals surface area contributed by atoms with Crippen molar-refractivity contribution in [3.63, 3.8) is 0 Å². The number of nitrogens with zero attached hydrogens (tertiary/aromatic N) is 1. The summed E-state index contributed by atoms with van der Waals surface area (Å²) in [5, 5.41) is 0. The molecule has 1 aliphatic rings. The maximum Gasteiger partial charge on any atom is 0.254 e. The summed E-state index contributed by atoms with van der Waals surface area (Å²) in [6, 6.07) is 5.69. The molecule has 1 fully saturated rings. The summed E-state index contributed by atoms with van der Waals surface area (Å²) in [4.78, 5) is 14.3. The first kappa shape index (κ1) is 13.1. The normalized spacial score (nSPS) is 14.8. The molecule has 0 radical (unpaired) electrons. The number of halogens is 2. The Morgan fingerprint density at radius 2 is 2.12 bits per heavy atom. The van der Waals surface area contributed by atoms with Gasteiger partial charge in [0.25, 0.3) is 5.91 Å². The fourth-order valence-corrected chi connectivity index (χ4v) is 3.02. The van der Waals surface area contributed by atoms with E-state index in [1.165, 1.54) is 12.8 Å². The molecule has 92 valence electrons. The molecule has 0 aromatic heterocycles. The van der Waals surface area contributed by atoms with Crippen LogP contribution in [-0.2, 0) is 0 Å². The van der Waals surface area contributed by atoms with Crippen molar-refractivity contribution >= 4 is 37.8 Å². The highest BCUT2D eigenvalue weighted by Gasteiger charge is 2.27. The first-order valence-electron chi connectivity index (χ1n) is 5.86. The van der Waals surface area contributed by atoms with Gasteiger partial charge in [0.05, 0.1) is 5.56 Å². The summed E-state index contributed by atoms with van der Waals surface area (Å²) in [5.41, 5.74) is 0.746. The van der Waals surface area contributed by atoms with Gasteiger partial charge in [-0.3, -0.25) is 4.79 Å². The van der Waals surface area contributed by atoms with Crippen molar-refractivity contribution in [2.24, 2.45) is 5.92 Å². The Hall–Kier alpha value is -0.350. The Balaban J connectivity index is 2.15. The molecule has 4 heteroatoms. The molecule has 2 nitrogen and oxygen atoms in total. The van der Waals surface area contributed by atoms with Crippen LogP contribution >= 0.6 is 31.9 Å². The zero-order valence-electron chi connectivity index (χ0n) is 9.75. The van der Waals surface area contributed by atoms with Gasteiger partial charge in [-0.05, 0) is 59.8 Å². The van der Waals surface area contributed by atoms with Gasteiger partial charge in [0, 0.05) is 22.0 Å². The van der Waals surface area contributed by atoms with Gasteiger partial charge in [0.2, 0.25) is 0 Å². The van der Waals surface area contributed by atoms with Gasteiger partial charge in [-0.15, -0.1) is 0 Å². The Morgan fingerprint density at radius 1 is 1.41 bits per heavy atom. The minimum absolute atomic E-state index is 0.124. The summed E-state index contributed by atoms with van der Waals surface area (Å²) in [7, 11) is 0. The number of carbonyl (C=O) groups excluding carboxylic acids is 1. The Kier molecular flexibility index (Phi) is 4.26. The topological polar surface area (TPSA) is 20.3 Å². The molecule has 2 rings (SSSR count). The lowest BCUT2D eigenvalue weighted by atomic mass is 10.2. The van der Waals surface area contributed by atoms with E-state index in [1.54, 1.807) is 0 Å². The molecule has 1 saturated carbocycles. The maximum absolute atomic E-state index is 12.4. The number of carbonyl (C=O) groups is 1. The van der Waals surface area contributed by atoms with Crippen molar-refractivity contribution in [2.75, 3.05) is 13.1 Å². The quantitative estimate of drug-likeness (QED) is 0.792. The molecule has 1 aromatic rings. The van der Waals surface area contributed by atoms with Crippen LogP contribution in [0.2, 0.25) is 0 Å². The number of benzene rings is 1. The van der Waals surface area contributed by atoms with Gasteiger partial charge in [0.1, 0.15) is 0 Å². The summed E-state index contributed by atoms with van der Waals surface area (Å²) < 4.78 is 1.83. The van der Waals surface area contributed by atoms with Crippen molar-refractivity contribution in [2.45, 2.75) is 19.8 Å². The minimum atomic E-state index is 0.124. The molecule has 0 atom stereocenters. The van der Waals surface area contributed by atoms with Gasteiger partial charge in [-0.2, -0.15) is 0 Å². The molecule has 0 spiro atoms. The molecule has 0 saturated heterocycles. The van der Waals surface area contributed by atoms with E-state index < -0.39 is 0 Å². The van der Waals surface area contributed by atoms with Gasteiger partial charge in [-0.25, -0.2) is 0 Å². The number of hydrogen-bond donors (Lipinski definition) is 0. The van der Waals surface area contributed by atoms with E-state index in [1.807, 2.05) is 30.0 Å². The predicted octanol–water partition coefficient (Wildman–Crippen LogP) is 4.08. The molecular weight excluding hydrogens is 346 g/mol. The van der Waals surface area contributed by atoms with Crippen molar-refractivity contribution in [3.8, 4) is 0 Å². The summed E-state index contributed by atoms with van der Waals surface area (Å²) in [6.07, 6.45) is 2.54. The monoisotopic (exact) mass is 359 g/mol. The fraction of sp³-hybridized carbons (Fsp3) is 0.462. The SMILES string of the molecule is CCN(CC1CC1)C(=O)c1ccc(Br)cc1Br. The Morgan fingerprint density at radius 3 is 2.65 bits per heavy atom. The van der Waals surface area contributed by atoms with Crippen molar-refractivity contribution in [1.82, 2.24) is 4.90 Å². The number of amides is 1. The van der Waals surface area contributed by atoms with Crippen LogP contribution < -0.4 is 0 Å². The van der Waals surface area contributed by atoms with Gasteiger partial charge < -0.3 is 4.90 Å². The van der Waals surface area contributed by atoms with Gasteiger partial charge in [-0.1, -0.05) is 15.9 Å². The van der Waals surface area contributed by atoms with Gasteiger partial charge >= 0.3 is 0 Å². The zero-order valence-corrected chi connectivity index (χ0v) is 12.9. The maximum atomic E-state index is 12.4. The summed E-state index contributed by atoms with van der Waals surface area (Å²) in [5.74, 6) is 0.854. The fourth-order valence-electron chi connectivity index (χ4n) is 1.80. The molecular formula is C13H15Br2NO. The van der Waals surface area contributed by atoms with Crippen LogP contribution in [-0.4, -0.2) is 23.9 Å². The van der Waals surface area contributed by atoms with Crippen LogP contribution in [0.5, 0.6) is 0 Å². The van der Waals surface area contributed by atoms with E-state index in [0.717, 1.165) is 33.5 Å². The summed E-state index contributed by atoms with van der Waals surface area (Å²) in [6.45, 7) is 3.71. The average molecular weight is 361 g/mol. The second-order valence-corrected chi connectivity index (χ2v) is 6.18. The molecule has 1 aliphatic carbocycles. The van der Waals surface area contributed by atoms with Gasteiger partial charge in [0.15, 0.2) is 0 Å². The minimum Gasteiger partial charge on any atom is -0.339 e. The predicted molar refractivity (Wildman–Crippen MR) is 76.1 cm³/mol. The highest BCUT2D eigenvalue weighted by Crippen LogP contribution is 2.31. The second-order valence-electron chi connectivity index (χ2n) is 4.41. The Bertz CT molecular complexity index is 429. The molecule has 0 N–H and O–H groups in total. The van der Waals surface area contributed by atoms with Crippen LogP contribution in [0.4, 0.5) is 0 Å². The lowest BCUT2D eigenvalue weighted by molar-refractivity contribution is 0.0756. The lowest BCUT2D eigenvalue weighted by Gasteiger charge is -2.21. The van der Waals surface area contributed by atoms with Crippen LogP contribution in [0.3, 0.4) is 0 Å². The standard InChI is InChI=1S/C13H15Br2NO/c1-2-16(8-9-3-4-9)13(17)11-6-5-10(14)7-12(11)15/h5-7,9H,2-4,8H2,1H3. The van der Waals surface area contributed by atoms with E-state index in [-0.39, 0.29) is 5.91 Å². The lowest BCUT2D eigenvalue weighted by Crippen LogP contribution is -2.32. The first-order valence-corrected chi connectivity index (χ1v) is 7.44. The van der Waals surface area contributed by atoms with Crippen LogP contribution in [0.15, 0.2) is 27.1 Å². The summed E-state index contributed by atoms with van der Waals surface area (Å²) >= 11 is 6.84. The molecule has 1 aromatic carbocycles. The van der Waals surface area contributed by atoms with E-state index >= 15 is 0 Å². The average Bonchev–Trinajstić information content (AvgIpc) is 3.09. The highest BCUT2D eigenvalue weighted by atomic mass is 79.9. The Labute approximate surface area is 119 Å². The van der Waals surface area contributed by atoms with E-state index in [9.17, 15) is 4.79 Å². The molecule has 0 bridgehead atoms. The third-order valence-electron chi connectivity index (χ3n) is 3.01. The van der Waals surface area contributed by atoms with Crippen LogP contribution in [0, 0.1) is 5.92 Å². The van der Waals surface area contributed by atoms with Crippen molar-refractivity contribution in [1.29, 1.82) is 0 Å². The van der Waals surface area contributed by atoms with E-state index in [0.29, 0.717) is 0 Å². The molecule has 0 heterocycles. The number of hydrogen-bond acceptors (Lipinski definition) is 1. The first-order chi connectivity index (χ1) is 8.11. The third kappa shape index (κ3) is 3.32. The smallest absolute Gasteiger partial charge is 0.254 e. The van der Waals surface area contributed by atoms with Crippen molar-refractivity contribution in [3.05, 3.63) is 32.7 Å². The number of rotatable bonds is 4. The van der Waals surface area contributed by atoms with E-state index in [4.69, 9.17) is 0 Å². The zero-order chi connectivity index (χ0) is 12.4. The third-order valence-corrected chi connectivity index (χ3v) is 4.16. The molecule has 0 unspecified atom stereocenters. The van der Waals surface area contributed by atoms with Crippen LogP contribution in [0.1, 0.15) is 30.1 Å². The van der Waals surface area contributed by atoms with Crippen LogP contribution in [0.25, 0.3) is 0 Å². The second kappa shape index (κ2) is 5.53. The molecule has 17 heavy (non-hydrogen) atoms. The van der Waals surface area contributed by atoms with Crippen molar-refractivity contribution < 1.29 is 4.79 Å². The molecule has 0 aliphatic heterocycles. The molecule has 1 amide bonds. The largest absolute Gasteiger partial charge is 0.339 e. The highest BCUT2D eigenvalue weighted by molar-refractivity contribution is 9.11. The van der Waals surface area contributed by atoms with E-state index in [2.05, 4.69) is 31.9 Å².